The molecule has 134 valence electrons. The molecule has 0 aliphatic carbocycles. The molecule has 0 aliphatic heterocycles. The molecule has 0 bridgehead atoms. The second-order valence-corrected chi connectivity index (χ2v) is 7.25. The van der Waals surface area contributed by atoms with Gasteiger partial charge in [-0.05, 0) is 30.3 Å². The number of carbonyl (C=O) groups is 1. The predicted octanol–water partition coefficient (Wildman–Crippen LogP) is 3.29. The molecule has 1 heterocycles. The van der Waals surface area contributed by atoms with Crippen LogP contribution in [0.1, 0.15) is 18.2 Å². The van der Waals surface area contributed by atoms with Crippen molar-refractivity contribution >= 4 is 38.7 Å². The highest BCUT2D eigenvalue weighted by Gasteiger charge is 2.11. The van der Waals surface area contributed by atoms with Crippen LogP contribution in [-0.2, 0) is 21.2 Å². The first kappa shape index (κ1) is 17.9. The Hall–Kier alpha value is -2.90. The van der Waals surface area contributed by atoms with Gasteiger partial charge in [-0.15, -0.1) is 0 Å². The normalized spacial score (nSPS) is 11.9. The molecular weight excluding hydrogens is 352 g/mol. The van der Waals surface area contributed by atoms with Crippen molar-refractivity contribution in [2.24, 2.45) is 5.14 Å². The number of carbonyl (C=O) groups excluding carboxylic acids is 1. The second-order valence-electron chi connectivity index (χ2n) is 5.68. The van der Waals surface area contributed by atoms with Crippen LogP contribution in [0.3, 0.4) is 0 Å². The molecule has 0 aliphatic rings. The molecule has 0 saturated carbocycles. The fourth-order valence-corrected chi connectivity index (χ4v) is 3.21. The van der Waals surface area contributed by atoms with Crippen LogP contribution in [0.4, 0.5) is 5.69 Å². The Bertz CT molecular complexity index is 1100. The van der Waals surface area contributed by atoms with E-state index in [1.54, 1.807) is 12.1 Å². The summed E-state index contributed by atoms with van der Waals surface area (Å²) in [4.78, 5) is 12.1. The molecular formula is C19H18N2O4S. The van der Waals surface area contributed by atoms with Gasteiger partial charge in [-0.25, -0.2) is 13.6 Å². The van der Waals surface area contributed by atoms with Crippen molar-refractivity contribution in [2.45, 2.75) is 18.2 Å². The third-order valence-corrected chi connectivity index (χ3v) is 4.77. The Morgan fingerprint density at radius 2 is 1.96 bits per heavy atom. The Kier molecular flexibility index (Phi) is 4.92. The third-order valence-electron chi connectivity index (χ3n) is 3.86. The summed E-state index contributed by atoms with van der Waals surface area (Å²) in [5.74, 6) is 0.412. The number of nitrogens with two attached hydrogens (primary N) is 1. The molecule has 26 heavy (non-hydrogen) atoms. The van der Waals surface area contributed by atoms with Gasteiger partial charge in [0.05, 0.1) is 4.90 Å². The highest BCUT2D eigenvalue weighted by Crippen LogP contribution is 2.27. The molecule has 0 saturated heterocycles. The van der Waals surface area contributed by atoms with E-state index in [0.717, 1.165) is 22.3 Å². The van der Waals surface area contributed by atoms with Gasteiger partial charge in [0, 0.05) is 29.1 Å². The molecule has 3 aromatic rings. The number of rotatable bonds is 5. The number of hydrogen-bond donors (Lipinski definition) is 2. The van der Waals surface area contributed by atoms with Gasteiger partial charge in [-0.1, -0.05) is 31.2 Å². The van der Waals surface area contributed by atoms with Gasteiger partial charge in [0.15, 0.2) is 0 Å². The number of fused-ring (bicyclic) bond motifs is 1. The molecule has 0 spiro atoms. The Morgan fingerprint density at radius 3 is 2.69 bits per heavy atom. The molecule has 0 atom stereocenters. The van der Waals surface area contributed by atoms with Crippen LogP contribution in [0.15, 0.2) is 63.9 Å². The maximum Gasteiger partial charge on any atom is 0.248 e. The molecule has 6 nitrogen and oxygen atoms in total. The molecule has 0 fully saturated rings. The molecule has 7 heteroatoms. The van der Waals surface area contributed by atoms with Crippen LogP contribution in [0.5, 0.6) is 0 Å². The quantitative estimate of drug-likeness (QED) is 0.673. The van der Waals surface area contributed by atoms with E-state index >= 15 is 0 Å². The minimum Gasteiger partial charge on any atom is -0.460 e. The molecule has 1 amide bonds. The van der Waals surface area contributed by atoms with Gasteiger partial charge in [-0.3, -0.25) is 4.79 Å². The van der Waals surface area contributed by atoms with Gasteiger partial charge < -0.3 is 9.73 Å². The van der Waals surface area contributed by atoms with Crippen molar-refractivity contribution in [3.05, 3.63) is 65.9 Å². The molecule has 0 radical (unpaired) electrons. The lowest BCUT2D eigenvalue weighted by Crippen LogP contribution is -2.13. The standard InChI is InChI=1S/C19H18N2O4S/c1-2-17-16(15-8-3-4-9-18(15)25-17)10-11-19(22)21-13-6-5-7-14(12-13)26(20,23)24/h3-12H,2H2,1H3,(H,21,22)(H2,20,23,24)/b11-10+. The summed E-state index contributed by atoms with van der Waals surface area (Å²) in [5, 5.41) is 8.66. The smallest absolute Gasteiger partial charge is 0.248 e. The van der Waals surface area contributed by atoms with Crippen LogP contribution < -0.4 is 10.5 Å². The lowest BCUT2D eigenvalue weighted by atomic mass is 10.1. The number of sulfonamides is 1. The van der Waals surface area contributed by atoms with Gasteiger partial charge in [0.25, 0.3) is 0 Å². The van der Waals surface area contributed by atoms with Crippen LogP contribution in [-0.4, -0.2) is 14.3 Å². The molecule has 1 aromatic heterocycles. The lowest BCUT2D eigenvalue weighted by Gasteiger charge is -2.04. The zero-order valence-electron chi connectivity index (χ0n) is 14.1. The zero-order chi connectivity index (χ0) is 18.7. The van der Waals surface area contributed by atoms with Crippen molar-refractivity contribution in [1.82, 2.24) is 0 Å². The average Bonchev–Trinajstić information content (AvgIpc) is 2.97. The first-order chi connectivity index (χ1) is 12.4. The highest BCUT2D eigenvalue weighted by molar-refractivity contribution is 7.89. The number of benzene rings is 2. The van der Waals surface area contributed by atoms with Crippen LogP contribution in [0, 0.1) is 0 Å². The minimum absolute atomic E-state index is 0.0617. The van der Waals surface area contributed by atoms with Gasteiger partial charge >= 0.3 is 0 Å². The highest BCUT2D eigenvalue weighted by atomic mass is 32.2. The van der Waals surface area contributed by atoms with Crippen molar-refractivity contribution in [3.63, 3.8) is 0 Å². The second kappa shape index (κ2) is 7.15. The number of furan rings is 1. The number of para-hydroxylation sites is 1. The number of nitrogens with one attached hydrogen (secondary N) is 1. The number of amides is 1. The first-order valence-electron chi connectivity index (χ1n) is 8.01. The van der Waals surface area contributed by atoms with E-state index in [4.69, 9.17) is 9.56 Å². The summed E-state index contributed by atoms with van der Waals surface area (Å²) in [6, 6.07) is 13.4. The summed E-state index contributed by atoms with van der Waals surface area (Å²) < 4.78 is 28.6. The Balaban J connectivity index is 1.83. The SMILES string of the molecule is CCc1oc2ccccc2c1/C=C/C(=O)Nc1cccc(S(N)(=O)=O)c1. The topological polar surface area (TPSA) is 102 Å². The van der Waals surface area contributed by atoms with Crippen LogP contribution in [0.2, 0.25) is 0 Å². The van der Waals surface area contributed by atoms with Crippen molar-refractivity contribution in [1.29, 1.82) is 0 Å². The van der Waals surface area contributed by atoms with Crippen LogP contribution in [0.25, 0.3) is 17.0 Å². The van der Waals surface area contributed by atoms with Crippen molar-refractivity contribution in [3.8, 4) is 0 Å². The van der Waals surface area contributed by atoms with Gasteiger partial charge in [-0.2, -0.15) is 0 Å². The summed E-state index contributed by atoms with van der Waals surface area (Å²) >= 11 is 0. The number of anilines is 1. The predicted molar refractivity (Wildman–Crippen MR) is 101 cm³/mol. The summed E-state index contributed by atoms with van der Waals surface area (Å²) in [5.41, 5.74) is 1.97. The van der Waals surface area contributed by atoms with E-state index in [2.05, 4.69) is 5.32 Å². The fraction of sp³-hybridized carbons (Fsp3) is 0.105. The maximum atomic E-state index is 12.2. The lowest BCUT2D eigenvalue weighted by molar-refractivity contribution is -0.111. The molecule has 3 rings (SSSR count). The number of aryl methyl sites for hydroxylation is 1. The zero-order valence-corrected chi connectivity index (χ0v) is 14.9. The Morgan fingerprint density at radius 1 is 1.19 bits per heavy atom. The van der Waals surface area contributed by atoms with Crippen LogP contribution >= 0.6 is 0 Å². The summed E-state index contributed by atoms with van der Waals surface area (Å²) in [7, 11) is -3.82. The van der Waals surface area contributed by atoms with E-state index < -0.39 is 10.0 Å². The summed E-state index contributed by atoms with van der Waals surface area (Å²) in [6.07, 6.45) is 3.79. The number of primary sulfonamides is 1. The molecule has 3 N–H and O–H groups in total. The first-order valence-corrected chi connectivity index (χ1v) is 9.55. The average molecular weight is 370 g/mol. The Labute approximate surface area is 151 Å². The van der Waals surface area contributed by atoms with Gasteiger partial charge in [0.2, 0.25) is 15.9 Å². The van der Waals surface area contributed by atoms with E-state index in [1.165, 1.54) is 24.3 Å². The van der Waals surface area contributed by atoms with Crippen molar-refractivity contribution < 1.29 is 17.6 Å². The van der Waals surface area contributed by atoms with Gasteiger partial charge in [0.1, 0.15) is 11.3 Å². The monoisotopic (exact) mass is 370 g/mol. The third kappa shape index (κ3) is 3.84. The summed E-state index contributed by atoms with van der Waals surface area (Å²) in [6.45, 7) is 1.98. The van der Waals surface area contributed by atoms with Crippen molar-refractivity contribution in [2.75, 3.05) is 5.32 Å². The number of hydrogen-bond acceptors (Lipinski definition) is 4. The van der Waals surface area contributed by atoms with E-state index in [-0.39, 0.29) is 10.8 Å². The maximum absolute atomic E-state index is 12.2. The molecule has 0 unspecified atom stereocenters. The largest absolute Gasteiger partial charge is 0.460 e. The minimum atomic E-state index is -3.82. The van der Waals surface area contributed by atoms with E-state index in [0.29, 0.717) is 12.1 Å². The van der Waals surface area contributed by atoms with E-state index in [1.807, 2.05) is 31.2 Å². The fourth-order valence-electron chi connectivity index (χ4n) is 2.66. The van der Waals surface area contributed by atoms with E-state index in [9.17, 15) is 13.2 Å². The molecule has 2 aromatic carbocycles.